The molecule has 26 heavy (non-hydrogen) atoms. The molecule has 0 bridgehead atoms. The number of aromatic nitrogens is 1. The van der Waals surface area contributed by atoms with E-state index >= 15 is 0 Å². The third-order valence-corrected chi connectivity index (χ3v) is 4.05. The van der Waals surface area contributed by atoms with Crippen molar-refractivity contribution in [3.8, 4) is 0 Å². The lowest BCUT2D eigenvalue weighted by Gasteiger charge is -2.09. The van der Waals surface area contributed by atoms with Crippen LogP contribution in [0, 0.1) is 0 Å². The Morgan fingerprint density at radius 3 is 2.54 bits per heavy atom. The zero-order valence-corrected chi connectivity index (χ0v) is 13.5. The summed E-state index contributed by atoms with van der Waals surface area (Å²) in [6.45, 7) is 0. The van der Waals surface area contributed by atoms with E-state index in [2.05, 4.69) is 15.5 Å². The van der Waals surface area contributed by atoms with Crippen molar-refractivity contribution in [2.45, 2.75) is 6.04 Å². The van der Waals surface area contributed by atoms with Gasteiger partial charge in [0.25, 0.3) is 11.8 Å². The molecule has 2 aromatic carbocycles. The monoisotopic (exact) mass is 346 g/mol. The third-order valence-electron chi connectivity index (χ3n) is 4.05. The number of anilines is 1. The molecule has 0 spiro atoms. The maximum absolute atomic E-state index is 12.7. The van der Waals surface area contributed by atoms with E-state index in [9.17, 15) is 9.59 Å². The molecule has 0 radical (unpaired) electrons. The molecule has 1 unspecified atom stereocenters. The molecule has 1 atom stereocenters. The summed E-state index contributed by atoms with van der Waals surface area (Å²) in [5.74, 6) is -1.24. The maximum Gasteiger partial charge on any atom is 0.287 e. The molecule has 3 N–H and O–H groups in total. The van der Waals surface area contributed by atoms with Crippen LogP contribution in [-0.4, -0.2) is 22.7 Å². The average molecular weight is 346 g/mol. The molecule has 0 saturated carbocycles. The number of hydrogen-bond donors (Lipinski definition) is 2. The highest BCUT2D eigenvalue weighted by molar-refractivity contribution is 6.19. The van der Waals surface area contributed by atoms with Crippen molar-refractivity contribution in [1.82, 2.24) is 5.16 Å². The highest BCUT2D eigenvalue weighted by atomic mass is 16.5. The molecule has 0 aliphatic carbocycles. The second-order valence-electron chi connectivity index (χ2n) is 5.76. The Bertz CT molecular complexity index is 1020. The Balaban J connectivity index is 1.88. The number of primary amides is 1. The van der Waals surface area contributed by atoms with Gasteiger partial charge in [-0.2, -0.15) is 0 Å². The number of hydrogen-bond acceptors (Lipinski definition) is 5. The molecule has 2 amide bonds. The fourth-order valence-corrected chi connectivity index (χ4v) is 2.82. The first kappa shape index (κ1) is 15.8. The van der Waals surface area contributed by atoms with Crippen molar-refractivity contribution in [3.05, 3.63) is 83.2 Å². The highest BCUT2D eigenvalue weighted by Crippen LogP contribution is 2.29. The first-order valence-corrected chi connectivity index (χ1v) is 7.93. The van der Waals surface area contributed by atoms with Crippen molar-refractivity contribution in [3.63, 3.8) is 0 Å². The number of benzodiazepines with no additional fused rings is 1. The van der Waals surface area contributed by atoms with Gasteiger partial charge in [-0.1, -0.05) is 53.7 Å². The molecule has 3 aromatic rings. The molecule has 1 aliphatic rings. The number of carbonyl (C=O) groups is 2. The number of nitrogens with one attached hydrogen (secondary N) is 1. The topological polar surface area (TPSA) is 111 Å². The van der Waals surface area contributed by atoms with E-state index in [4.69, 9.17) is 10.3 Å². The fraction of sp³-hybridized carbons (Fsp3) is 0.0526. The molecule has 7 heteroatoms. The first-order valence-electron chi connectivity index (χ1n) is 7.93. The Hall–Kier alpha value is -3.74. The molecular formula is C19H14N4O3. The number of nitrogens with zero attached hydrogens (tertiary/aromatic N) is 2. The Morgan fingerprint density at radius 1 is 1.08 bits per heavy atom. The van der Waals surface area contributed by atoms with E-state index in [1.165, 1.54) is 6.07 Å². The van der Waals surface area contributed by atoms with Crippen LogP contribution in [0.5, 0.6) is 0 Å². The molecule has 0 fully saturated rings. The summed E-state index contributed by atoms with van der Waals surface area (Å²) in [5.41, 5.74) is 8.38. The molecular weight excluding hydrogens is 332 g/mol. The van der Waals surface area contributed by atoms with Crippen LogP contribution < -0.4 is 11.1 Å². The van der Waals surface area contributed by atoms with Crippen LogP contribution in [0.15, 0.2) is 70.2 Å². The number of para-hydroxylation sites is 1. The quantitative estimate of drug-likeness (QED) is 0.758. The second kappa shape index (κ2) is 6.29. The lowest BCUT2D eigenvalue weighted by molar-refractivity contribution is -0.117. The predicted octanol–water partition coefficient (Wildman–Crippen LogP) is 2.30. The first-order chi connectivity index (χ1) is 12.6. The summed E-state index contributed by atoms with van der Waals surface area (Å²) < 4.78 is 4.91. The molecule has 0 saturated heterocycles. The molecule has 4 rings (SSSR count). The Morgan fingerprint density at radius 2 is 1.81 bits per heavy atom. The van der Waals surface area contributed by atoms with Gasteiger partial charge in [-0.15, -0.1) is 0 Å². The van der Waals surface area contributed by atoms with Crippen molar-refractivity contribution in [2.75, 3.05) is 5.32 Å². The fourth-order valence-electron chi connectivity index (χ4n) is 2.82. The number of amides is 2. The number of aliphatic imine (C=N–C) groups is 1. The lowest BCUT2D eigenvalue weighted by Crippen LogP contribution is -2.19. The van der Waals surface area contributed by atoms with Crippen molar-refractivity contribution in [2.24, 2.45) is 10.7 Å². The van der Waals surface area contributed by atoms with E-state index in [0.717, 1.165) is 11.1 Å². The van der Waals surface area contributed by atoms with E-state index in [1.54, 1.807) is 0 Å². The minimum atomic E-state index is -0.963. The van der Waals surface area contributed by atoms with Crippen LogP contribution in [0.3, 0.4) is 0 Å². The largest absolute Gasteiger partial charge is 0.363 e. The summed E-state index contributed by atoms with van der Waals surface area (Å²) in [6, 6.07) is 17.3. The third kappa shape index (κ3) is 2.75. The van der Waals surface area contributed by atoms with Gasteiger partial charge in [0.15, 0.2) is 6.04 Å². The minimum absolute atomic E-state index is 0.119. The SMILES string of the molecule is NC(=O)c1cc(C2N=C(c3ccccc3)c3ccccc3NC2=O)no1. The smallest absolute Gasteiger partial charge is 0.287 e. The number of benzene rings is 2. The molecule has 7 nitrogen and oxygen atoms in total. The number of rotatable bonds is 3. The van der Waals surface area contributed by atoms with Gasteiger partial charge in [0.05, 0.1) is 11.4 Å². The van der Waals surface area contributed by atoms with E-state index in [0.29, 0.717) is 11.4 Å². The van der Waals surface area contributed by atoms with Gasteiger partial charge in [-0.3, -0.25) is 14.6 Å². The predicted molar refractivity (Wildman–Crippen MR) is 94.9 cm³/mol. The standard InChI is InChI=1S/C19H14N4O3/c20-18(24)15-10-14(23-26-15)17-19(25)21-13-9-5-4-8-12(13)16(22-17)11-6-2-1-3-7-11/h1-10,17H,(H2,20,24)(H,21,25). The van der Waals surface area contributed by atoms with Crippen LogP contribution in [0.1, 0.15) is 33.4 Å². The number of fused-ring (bicyclic) bond motifs is 1. The van der Waals surface area contributed by atoms with Gasteiger partial charge in [-0.05, 0) is 6.07 Å². The van der Waals surface area contributed by atoms with Crippen molar-refractivity contribution >= 4 is 23.2 Å². The van der Waals surface area contributed by atoms with Gasteiger partial charge in [0.2, 0.25) is 5.76 Å². The molecule has 128 valence electrons. The summed E-state index contributed by atoms with van der Waals surface area (Å²) in [7, 11) is 0. The molecule has 2 heterocycles. The van der Waals surface area contributed by atoms with Gasteiger partial charge >= 0.3 is 0 Å². The van der Waals surface area contributed by atoms with Crippen molar-refractivity contribution < 1.29 is 14.1 Å². The summed E-state index contributed by atoms with van der Waals surface area (Å²) in [4.78, 5) is 28.6. The van der Waals surface area contributed by atoms with Crippen LogP contribution in [0.2, 0.25) is 0 Å². The summed E-state index contributed by atoms with van der Waals surface area (Å²) >= 11 is 0. The van der Waals surface area contributed by atoms with Crippen molar-refractivity contribution in [1.29, 1.82) is 0 Å². The maximum atomic E-state index is 12.7. The highest BCUT2D eigenvalue weighted by Gasteiger charge is 2.30. The lowest BCUT2D eigenvalue weighted by atomic mass is 10.0. The zero-order chi connectivity index (χ0) is 18.1. The van der Waals surface area contributed by atoms with Crippen LogP contribution in [0.25, 0.3) is 0 Å². The Labute approximate surface area is 148 Å². The normalized spacial score (nSPS) is 16.2. The summed E-state index contributed by atoms with van der Waals surface area (Å²) in [5, 5.41) is 6.66. The van der Waals surface area contributed by atoms with Gasteiger partial charge in [-0.25, -0.2) is 0 Å². The zero-order valence-electron chi connectivity index (χ0n) is 13.5. The Kier molecular flexibility index (Phi) is 3.81. The van der Waals surface area contributed by atoms with Gasteiger partial charge in [0.1, 0.15) is 5.69 Å². The van der Waals surface area contributed by atoms with Crippen LogP contribution >= 0.6 is 0 Å². The molecule has 1 aliphatic heterocycles. The minimum Gasteiger partial charge on any atom is -0.363 e. The van der Waals surface area contributed by atoms with Gasteiger partial charge in [0, 0.05) is 17.2 Å². The van der Waals surface area contributed by atoms with Gasteiger partial charge < -0.3 is 15.6 Å². The van der Waals surface area contributed by atoms with E-state index in [-0.39, 0.29) is 17.4 Å². The van der Waals surface area contributed by atoms with Crippen LogP contribution in [0.4, 0.5) is 5.69 Å². The second-order valence-corrected chi connectivity index (χ2v) is 5.76. The number of nitrogens with two attached hydrogens (primary N) is 1. The van der Waals surface area contributed by atoms with E-state index in [1.807, 2.05) is 54.6 Å². The summed E-state index contributed by atoms with van der Waals surface area (Å²) in [6.07, 6.45) is 0. The van der Waals surface area contributed by atoms with Crippen LogP contribution in [-0.2, 0) is 4.79 Å². The molecule has 1 aromatic heterocycles. The number of carbonyl (C=O) groups excluding carboxylic acids is 2. The van der Waals surface area contributed by atoms with E-state index < -0.39 is 11.9 Å². The average Bonchev–Trinajstić information content (AvgIpc) is 3.09.